The summed E-state index contributed by atoms with van der Waals surface area (Å²) >= 11 is 3.37. The summed E-state index contributed by atoms with van der Waals surface area (Å²) in [6, 6.07) is 11.0. The number of fused-ring (bicyclic) bond motifs is 1. The van der Waals surface area contributed by atoms with Gasteiger partial charge in [0, 0.05) is 32.8 Å². The summed E-state index contributed by atoms with van der Waals surface area (Å²) in [4.78, 5) is 17.5. The van der Waals surface area contributed by atoms with Crippen LogP contribution in [0.3, 0.4) is 0 Å². The van der Waals surface area contributed by atoms with Gasteiger partial charge in [-0.05, 0) is 52.3 Å². The van der Waals surface area contributed by atoms with Gasteiger partial charge in [-0.15, -0.1) is 0 Å². The number of ether oxygens (including phenoxy) is 1. The summed E-state index contributed by atoms with van der Waals surface area (Å²) in [5.74, 6) is 0.774. The van der Waals surface area contributed by atoms with Gasteiger partial charge < -0.3 is 14.6 Å². The van der Waals surface area contributed by atoms with E-state index < -0.39 is 14.5 Å². The number of hydrogen-bond donors (Lipinski definition) is 1. The van der Waals surface area contributed by atoms with Gasteiger partial charge in [0.1, 0.15) is 34.2 Å². The molecular weight excluding hydrogens is 522 g/mol. The number of hydrogen-bond acceptors (Lipinski definition) is 6. The van der Waals surface area contributed by atoms with Crippen LogP contribution in [-0.4, -0.2) is 39.2 Å². The SMILES string of the molecule is C[Si](C)(C)CCOCn1ccc2c(Nc3ccnc(Br)c3)nc(-c3cccc(C(F)F)n3)nc21. The second-order valence-corrected chi connectivity index (χ2v) is 15.4. The summed E-state index contributed by atoms with van der Waals surface area (Å²) in [5.41, 5.74) is 1.34. The van der Waals surface area contributed by atoms with Gasteiger partial charge in [-0.25, -0.2) is 28.7 Å². The average Bonchev–Trinajstić information content (AvgIpc) is 3.19. The maximum Gasteiger partial charge on any atom is 0.280 e. The van der Waals surface area contributed by atoms with Crippen molar-refractivity contribution in [3.8, 4) is 11.5 Å². The molecule has 0 fully saturated rings. The fourth-order valence-electron chi connectivity index (χ4n) is 3.23. The molecule has 4 rings (SSSR count). The summed E-state index contributed by atoms with van der Waals surface area (Å²) in [6.45, 7) is 7.90. The van der Waals surface area contributed by atoms with Crippen LogP contribution in [0.1, 0.15) is 12.1 Å². The fraction of sp³-hybridized carbons (Fsp3) is 0.304. The van der Waals surface area contributed by atoms with Crippen molar-refractivity contribution in [2.45, 2.75) is 38.8 Å². The zero-order valence-electron chi connectivity index (χ0n) is 19.1. The molecule has 1 N–H and O–H groups in total. The van der Waals surface area contributed by atoms with Crippen LogP contribution < -0.4 is 5.32 Å². The van der Waals surface area contributed by atoms with Crippen molar-refractivity contribution >= 4 is 46.5 Å². The third-order valence-electron chi connectivity index (χ3n) is 5.06. The second-order valence-electron chi connectivity index (χ2n) is 9.01. The molecule has 0 radical (unpaired) electrons. The Kier molecular flexibility index (Phi) is 7.34. The number of anilines is 2. The van der Waals surface area contributed by atoms with Crippen molar-refractivity contribution in [2.75, 3.05) is 11.9 Å². The molecule has 11 heteroatoms. The molecule has 4 aromatic heterocycles. The minimum atomic E-state index is -2.68. The van der Waals surface area contributed by atoms with Crippen LogP contribution in [0.5, 0.6) is 0 Å². The van der Waals surface area contributed by atoms with Crippen molar-refractivity contribution in [1.29, 1.82) is 0 Å². The van der Waals surface area contributed by atoms with E-state index in [-0.39, 0.29) is 17.2 Å². The Morgan fingerprint density at radius 2 is 1.94 bits per heavy atom. The third-order valence-corrected chi connectivity index (χ3v) is 7.20. The van der Waals surface area contributed by atoms with E-state index in [1.54, 1.807) is 12.3 Å². The van der Waals surface area contributed by atoms with Crippen molar-refractivity contribution < 1.29 is 13.5 Å². The van der Waals surface area contributed by atoms with Crippen LogP contribution in [-0.2, 0) is 11.5 Å². The monoisotopic (exact) mass is 546 g/mol. The van der Waals surface area contributed by atoms with E-state index in [1.807, 2.05) is 29.0 Å². The Balaban J connectivity index is 1.73. The molecule has 4 heterocycles. The molecule has 0 atom stereocenters. The molecule has 0 aliphatic heterocycles. The molecule has 0 aromatic carbocycles. The first-order valence-corrected chi connectivity index (χ1v) is 15.3. The lowest BCUT2D eigenvalue weighted by Gasteiger charge is -2.16. The molecule has 0 bridgehead atoms. The number of nitrogens with one attached hydrogen (secondary N) is 1. The first-order valence-electron chi connectivity index (χ1n) is 10.8. The fourth-order valence-corrected chi connectivity index (χ4v) is 4.36. The molecule has 0 saturated heterocycles. The van der Waals surface area contributed by atoms with Gasteiger partial charge in [-0.3, -0.25) is 0 Å². The summed E-state index contributed by atoms with van der Waals surface area (Å²) in [7, 11) is -1.21. The molecule has 0 amide bonds. The molecule has 178 valence electrons. The maximum absolute atomic E-state index is 13.2. The second kappa shape index (κ2) is 10.2. The third kappa shape index (κ3) is 6.02. The quantitative estimate of drug-likeness (QED) is 0.144. The average molecular weight is 547 g/mol. The largest absolute Gasteiger partial charge is 0.361 e. The molecular formula is C23H25BrF2N6OSi. The first-order chi connectivity index (χ1) is 16.2. The lowest BCUT2D eigenvalue weighted by atomic mass is 10.2. The number of rotatable bonds is 9. The van der Waals surface area contributed by atoms with Crippen LogP contribution in [0.15, 0.2) is 53.4 Å². The van der Waals surface area contributed by atoms with Gasteiger partial charge in [-0.1, -0.05) is 25.7 Å². The predicted octanol–water partition coefficient (Wildman–Crippen LogP) is 6.64. The zero-order valence-corrected chi connectivity index (χ0v) is 21.7. The van der Waals surface area contributed by atoms with E-state index >= 15 is 0 Å². The highest BCUT2D eigenvalue weighted by molar-refractivity contribution is 9.10. The van der Waals surface area contributed by atoms with E-state index in [2.05, 4.69) is 60.8 Å². The molecule has 0 saturated carbocycles. The standard InChI is InChI=1S/C23H25BrF2N6OSi/c1-34(2,3)12-11-33-14-32-10-8-16-21(28-15-7-9-27-19(24)13-15)30-22(31-23(16)32)18-6-4-5-17(29-18)20(25)26/h4-10,13,20H,11-12,14H2,1-3H3,(H,27,28,30,31). The summed E-state index contributed by atoms with van der Waals surface area (Å²) in [6.07, 6.45) is 0.865. The van der Waals surface area contributed by atoms with Crippen molar-refractivity contribution in [1.82, 2.24) is 24.5 Å². The Morgan fingerprint density at radius 1 is 1.12 bits per heavy atom. The van der Waals surface area contributed by atoms with Gasteiger partial charge in [0.25, 0.3) is 6.43 Å². The topological polar surface area (TPSA) is 77.8 Å². The van der Waals surface area contributed by atoms with Gasteiger partial charge >= 0.3 is 0 Å². The van der Waals surface area contributed by atoms with Gasteiger partial charge in [0.2, 0.25) is 0 Å². The molecule has 0 unspecified atom stereocenters. The Morgan fingerprint density at radius 3 is 2.68 bits per heavy atom. The minimum absolute atomic E-state index is 0.243. The van der Waals surface area contributed by atoms with Gasteiger partial charge in [-0.2, -0.15) is 0 Å². The van der Waals surface area contributed by atoms with Crippen LogP contribution in [0.4, 0.5) is 20.3 Å². The van der Waals surface area contributed by atoms with Crippen molar-refractivity contribution in [3.63, 3.8) is 0 Å². The number of pyridine rings is 2. The maximum atomic E-state index is 13.2. The van der Waals surface area contributed by atoms with E-state index in [0.717, 1.165) is 17.1 Å². The zero-order chi connectivity index (χ0) is 24.3. The number of nitrogens with zero attached hydrogens (tertiary/aromatic N) is 5. The number of alkyl halides is 2. The molecule has 34 heavy (non-hydrogen) atoms. The Hall–Kier alpha value is -2.76. The van der Waals surface area contributed by atoms with Crippen LogP contribution in [0.2, 0.25) is 25.7 Å². The van der Waals surface area contributed by atoms with E-state index in [0.29, 0.717) is 29.4 Å². The van der Waals surface area contributed by atoms with Crippen LogP contribution in [0.25, 0.3) is 22.6 Å². The molecule has 4 aromatic rings. The first kappa shape index (κ1) is 24.4. The van der Waals surface area contributed by atoms with E-state index in [4.69, 9.17) is 4.74 Å². The lowest BCUT2D eigenvalue weighted by Crippen LogP contribution is -2.22. The smallest absolute Gasteiger partial charge is 0.280 e. The summed E-state index contributed by atoms with van der Waals surface area (Å²) in [5, 5.41) is 4.06. The van der Waals surface area contributed by atoms with Crippen LogP contribution >= 0.6 is 15.9 Å². The van der Waals surface area contributed by atoms with Gasteiger partial charge in [0.05, 0.1) is 5.39 Å². The Bertz CT molecular complexity index is 1290. The number of halogens is 3. The number of aromatic nitrogens is 5. The Labute approximate surface area is 205 Å². The highest BCUT2D eigenvalue weighted by atomic mass is 79.9. The van der Waals surface area contributed by atoms with Crippen molar-refractivity contribution in [3.05, 3.63) is 59.1 Å². The molecule has 7 nitrogen and oxygen atoms in total. The van der Waals surface area contributed by atoms with E-state index in [1.165, 1.54) is 12.1 Å². The van der Waals surface area contributed by atoms with Gasteiger partial charge in [0.15, 0.2) is 5.82 Å². The molecule has 0 spiro atoms. The summed E-state index contributed by atoms with van der Waals surface area (Å²) < 4.78 is 35.0. The minimum Gasteiger partial charge on any atom is -0.361 e. The normalized spacial score (nSPS) is 12.0. The van der Waals surface area contributed by atoms with Crippen LogP contribution in [0, 0.1) is 0 Å². The highest BCUT2D eigenvalue weighted by Crippen LogP contribution is 2.29. The lowest BCUT2D eigenvalue weighted by molar-refractivity contribution is 0.0899. The van der Waals surface area contributed by atoms with Crippen molar-refractivity contribution in [2.24, 2.45) is 0 Å². The molecule has 0 aliphatic rings. The predicted molar refractivity (Wildman–Crippen MR) is 135 cm³/mol. The molecule has 0 aliphatic carbocycles. The highest BCUT2D eigenvalue weighted by Gasteiger charge is 2.17. The van der Waals surface area contributed by atoms with E-state index in [9.17, 15) is 8.78 Å².